The third-order valence-corrected chi connectivity index (χ3v) is 1.15. The summed E-state index contributed by atoms with van der Waals surface area (Å²) in [5.41, 5.74) is 0. The Bertz CT molecular complexity index is 64.0. The molecule has 4 heteroatoms. The van der Waals surface area contributed by atoms with Crippen LogP contribution in [-0.2, 0) is 0 Å². The van der Waals surface area contributed by atoms with Gasteiger partial charge in [0.25, 0.3) is 0 Å². The number of hydrogen-bond donors (Lipinski definition) is 1. The minimum atomic E-state index is 0. The Morgan fingerprint density at radius 2 is 1.71 bits per heavy atom. The average Bonchev–Trinajstić information content (AvgIpc) is 1.36. The van der Waals surface area contributed by atoms with Crippen molar-refractivity contribution in [2.24, 2.45) is 0 Å². The molecular formula is C3H9CaNS2. The summed E-state index contributed by atoms with van der Waals surface area (Å²) < 4.78 is 0.620. The fraction of sp³-hybridized carbons (Fsp3) is 0.667. The van der Waals surface area contributed by atoms with Gasteiger partial charge < -0.3 is 4.90 Å². The van der Waals surface area contributed by atoms with Crippen molar-refractivity contribution in [3.63, 3.8) is 0 Å². The van der Waals surface area contributed by atoms with Crippen molar-refractivity contribution in [1.29, 1.82) is 0 Å². The van der Waals surface area contributed by atoms with Gasteiger partial charge in [-0.2, -0.15) is 0 Å². The molecule has 0 aromatic rings. The SMILES string of the molecule is CN(C)C(=S)S.[CaH2]. The molecule has 0 atom stereocenters. The molecule has 0 amide bonds. The second-order valence-corrected chi connectivity index (χ2v) is 2.29. The molecule has 0 heterocycles. The summed E-state index contributed by atoms with van der Waals surface area (Å²) >= 11 is 8.46. The number of hydrogen-bond acceptors (Lipinski definition) is 1. The Hall–Kier alpha value is 1.50. The van der Waals surface area contributed by atoms with E-state index in [1.54, 1.807) is 4.90 Å². The Morgan fingerprint density at radius 1 is 1.57 bits per heavy atom. The van der Waals surface area contributed by atoms with Gasteiger partial charge in [-0.3, -0.25) is 0 Å². The van der Waals surface area contributed by atoms with Gasteiger partial charge in [-0.05, 0) is 0 Å². The van der Waals surface area contributed by atoms with E-state index < -0.39 is 0 Å². The predicted molar refractivity (Wildman–Crippen MR) is 43.8 cm³/mol. The molecule has 40 valence electrons. The van der Waals surface area contributed by atoms with Crippen LogP contribution in [0.2, 0.25) is 0 Å². The molecule has 0 fully saturated rings. The first kappa shape index (κ1) is 11.3. The molecule has 7 heavy (non-hydrogen) atoms. The van der Waals surface area contributed by atoms with E-state index >= 15 is 0 Å². The second-order valence-electron chi connectivity index (χ2n) is 1.18. The first-order valence-corrected chi connectivity index (χ1v) is 2.40. The van der Waals surface area contributed by atoms with Crippen LogP contribution in [0.15, 0.2) is 0 Å². The van der Waals surface area contributed by atoms with Crippen LogP contribution in [-0.4, -0.2) is 61.1 Å². The normalized spacial score (nSPS) is 6.71. The van der Waals surface area contributed by atoms with Gasteiger partial charge in [0.2, 0.25) is 0 Å². The molecule has 0 unspecified atom stereocenters. The summed E-state index contributed by atoms with van der Waals surface area (Å²) in [6.45, 7) is 0. The van der Waals surface area contributed by atoms with E-state index in [1.807, 2.05) is 14.1 Å². The van der Waals surface area contributed by atoms with E-state index in [1.165, 1.54) is 0 Å². The molecule has 0 aliphatic heterocycles. The molecule has 0 aliphatic carbocycles. The predicted octanol–water partition coefficient (Wildman–Crippen LogP) is -0.154. The molecule has 0 aromatic carbocycles. The van der Waals surface area contributed by atoms with Crippen molar-refractivity contribution in [3.8, 4) is 0 Å². The van der Waals surface area contributed by atoms with Gasteiger partial charge in [-0.25, -0.2) is 0 Å². The minimum absolute atomic E-state index is 0. The molecule has 0 radical (unpaired) electrons. The van der Waals surface area contributed by atoms with Crippen LogP contribution in [0, 0.1) is 0 Å². The number of nitrogens with zero attached hydrogens (tertiary/aromatic N) is 1. The van der Waals surface area contributed by atoms with Gasteiger partial charge in [-0.15, -0.1) is 12.6 Å². The van der Waals surface area contributed by atoms with E-state index in [9.17, 15) is 0 Å². The molecule has 0 saturated carbocycles. The van der Waals surface area contributed by atoms with E-state index in [4.69, 9.17) is 0 Å². The molecule has 0 aromatic heterocycles. The fourth-order valence-corrected chi connectivity index (χ4v) is 0. The van der Waals surface area contributed by atoms with Crippen molar-refractivity contribution in [1.82, 2.24) is 4.90 Å². The summed E-state index contributed by atoms with van der Waals surface area (Å²) in [7, 11) is 3.71. The molecule has 0 N–H and O–H groups in total. The van der Waals surface area contributed by atoms with Gasteiger partial charge in [-0.1, -0.05) is 12.2 Å². The van der Waals surface area contributed by atoms with Crippen molar-refractivity contribution in [3.05, 3.63) is 0 Å². The summed E-state index contributed by atoms with van der Waals surface area (Å²) in [6.07, 6.45) is 0. The molecule has 0 rings (SSSR count). The van der Waals surface area contributed by atoms with Crippen molar-refractivity contribution in [2.75, 3.05) is 14.1 Å². The van der Waals surface area contributed by atoms with Gasteiger partial charge in [0, 0.05) is 14.1 Å². The van der Waals surface area contributed by atoms with Gasteiger partial charge in [0.05, 0.1) is 0 Å². The molecular weight excluding hydrogens is 154 g/mol. The van der Waals surface area contributed by atoms with Crippen LogP contribution in [0.5, 0.6) is 0 Å². The van der Waals surface area contributed by atoms with Crippen LogP contribution >= 0.6 is 24.8 Å². The van der Waals surface area contributed by atoms with Crippen molar-refractivity contribution >= 4 is 66.9 Å². The summed E-state index contributed by atoms with van der Waals surface area (Å²) in [6, 6.07) is 0. The topological polar surface area (TPSA) is 3.24 Å². The van der Waals surface area contributed by atoms with Crippen LogP contribution in [0.1, 0.15) is 0 Å². The standard InChI is InChI=1S/C3H7NS2.Ca.2H/c1-4(2)3(5)6;;;/h1-2H3,(H,5,6);;;. The monoisotopic (exact) mass is 163 g/mol. The first-order valence-electron chi connectivity index (χ1n) is 1.55. The third kappa shape index (κ3) is 7.50. The molecule has 0 bridgehead atoms. The molecule has 0 aliphatic rings. The van der Waals surface area contributed by atoms with E-state index in [-0.39, 0.29) is 37.7 Å². The molecule has 1 nitrogen and oxygen atoms in total. The quantitative estimate of drug-likeness (QED) is 0.300. The van der Waals surface area contributed by atoms with Crippen LogP contribution < -0.4 is 0 Å². The Labute approximate surface area is 84.9 Å². The van der Waals surface area contributed by atoms with E-state index in [0.717, 1.165) is 0 Å². The van der Waals surface area contributed by atoms with E-state index in [2.05, 4.69) is 24.8 Å². The second kappa shape index (κ2) is 5.63. The number of thiol groups is 1. The van der Waals surface area contributed by atoms with Gasteiger partial charge >= 0.3 is 37.7 Å². The van der Waals surface area contributed by atoms with Crippen molar-refractivity contribution in [2.45, 2.75) is 0 Å². The zero-order valence-corrected chi connectivity index (χ0v) is 5.51. The maximum absolute atomic E-state index is 4.61. The number of thiocarbonyl (C=S) groups is 1. The first-order chi connectivity index (χ1) is 2.64. The molecule has 0 spiro atoms. The number of rotatable bonds is 0. The summed E-state index contributed by atoms with van der Waals surface area (Å²) in [5, 5.41) is 0. The summed E-state index contributed by atoms with van der Waals surface area (Å²) in [4.78, 5) is 1.76. The van der Waals surface area contributed by atoms with Gasteiger partial charge in [0.1, 0.15) is 4.32 Å². The molecule has 0 saturated heterocycles. The van der Waals surface area contributed by atoms with Gasteiger partial charge in [0.15, 0.2) is 0 Å². The average molecular weight is 163 g/mol. The Morgan fingerprint density at radius 3 is 1.71 bits per heavy atom. The zero-order valence-electron chi connectivity index (χ0n) is 3.80. The Kier molecular flexibility index (Phi) is 9.11. The summed E-state index contributed by atoms with van der Waals surface area (Å²) in [5.74, 6) is 0. The van der Waals surface area contributed by atoms with Crippen molar-refractivity contribution < 1.29 is 0 Å². The van der Waals surface area contributed by atoms with E-state index in [0.29, 0.717) is 4.32 Å². The van der Waals surface area contributed by atoms with Crippen LogP contribution in [0.25, 0.3) is 0 Å². The maximum atomic E-state index is 4.61. The van der Waals surface area contributed by atoms with Crippen LogP contribution in [0.4, 0.5) is 0 Å². The fourth-order valence-electron chi connectivity index (χ4n) is 0. The Balaban J connectivity index is 0. The van der Waals surface area contributed by atoms with Crippen LogP contribution in [0.3, 0.4) is 0 Å². The zero-order chi connectivity index (χ0) is 5.15. The third-order valence-electron chi connectivity index (χ3n) is 0.383.